The van der Waals surface area contributed by atoms with Crippen LogP contribution >= 0.6 is 11.6 Å². The Kier molecular flexibility index (Phi) is 5.77. The van der Waals surface area contributed by atoms with E-state index in [1.54, 1.807) is 30.9 Å². The number of carbonyl (C=O) groups excluding carboxylic acids is 1. The lowest BCUT2D eigenvalue weighted by molar-refractivity contribution is 0.102. The molecule has 0 radical (unpaired) electrons. The Bertz CT molecular complexity index is 1160. The summed E-state index contributed by atoms with van der Waals surface area (Å²) in [6.45, 7) is 1.97. The van der Waals surface area contributed by atoms with Gasteiger partial charge in [0.2, 0.25) is 5.95 Å². The van der Waals surface area contributed by atoms with Gasteiger partial charge in [-0.2, -0.15) is 0 Å². The number of carbonyl (C=O) groups is 1. The second-order valence-corrected chi connectivity index (χ2v) is 6.98. The number of nitrogens with one attached hydrogen (secondary N) is 2. The molecule has 1 amide bonds. The summed E-state index contributed by atoms with van der Waals surface area (Å²) < 4.78 is 5.12. The molecule has 0 atom stereocenters. The minimum absolute atomic E-state index is 0.191. The molecule has 30 heavy (non-hydrogen) atoms. The summed E-state index contributed by atoms with van der Waals surface area (Å²) in [5, 5.41) is 6.14. The van der Waals surface area contributed by atoms with Crippen LogP contribution in [0.2, 0.25) is 0 Å². The number of rotatable bonds is 6. The third kappa shape index (κ3) is 4.50. The van der Waals surface area contributed by atoms with Gasteiger partial charge in [-0.25, -0.2) is 9.97 Å². The maximum Gasteiger partial charge on any atom is 0.255 e. The van der Waals surface area contributed by atoms with Crippen molar-refractivity contribution in [2.45, 2.75) is 12.8 Å². The van der Waals surface area contributed by atoms with Gasteiger partial charge in [0.1, 0.15) is 0 Å². The van der Waals surface area contributed by atoms with Crippen molar-refractivity contribution in [2.24, 2.45) is 0 Å². The number of nitrogens with zero attached hydrogens (tertiary/aromatic N) is 2. The molecular weight excluding hydrogens is 400 g/mol. The molecule has 2 heterocycles. The smallest absolute Gasteiger partial charge is 0.255 e. The SMILES string of the molecule is Cc1ccc(NC(=O)c2ccc(CCl)cc2)cc1Nc1nccc(-c2ccoc2)n1. The van der Waals surface area contributed by atoms with Crippen molar-refractivity contribution in [1.82, 2.24) is 9.97 Å². The Balaban J connectivity index is 1.52. The van der Waals surface area contributed by atoms with Crippen molar-refractivity contribution in [3.63, 3.8) is 0 Å². The number of benzene rings is 2. The predicted molar refractivity (Wildman–Crippen MR) is 118 cm³/mol. The van der Waals surface area contributed by atoms with E-state index in [9.17, 15) is 4.79 Å². The molecule has 150 valence electrons. The van der Waals surface area contributed by atoms with Crippen LogP contribution in [0.4, 0.5) is 17.3 Å². The molecule has 0 bridgehead atoms. The Labute approximate surface area is 178 Å². The van der Waals surface area contributed by atoms with E-state index in [-0.39, 0.29) is 5.91 Å². The van der Waals surface area contributed by atoms with Crippen molar-refractivity contribution in [3.8, 4) is 11.3 Å². The van der Waals surface area contributed by atoms with E-state index in [1.165, 1.54) is 0 Å². The third-order valence-corrected chi connectivity index (χ3v) is 4.89. The van der Waals surface area contributed by atoms with E-state index in [0.717, 1.165) is 28.1 Å². The van der Waals surface area contributed by atoms with Crippen LogP contribution in [0.3, 0.4) is 0 Å². The first kappa shape index (κ1) is 19.7. The average Bonchev–Trinajstić information content (AvgIpc) is 3.31. The summed E-state index contributed by atoms with van der Waals surface area (Å²) in [6, 6.07) is 16.5. The van der Waals surface area contributed by atoms with Crippen molar-refractivity contribution < 1.29 is 9.21 Å². The number of hydrogen-bond donors (Lipinski definition) is 2. The summed E-state index contributed by atoms with van der Waals surface area (Å²) >= 11 is 5.80. The van der Waals surface area contributed by atoms with Gasteiger partial charge in [-0.1, -0.05) is 18.2 Å². The van der Waals surface area contributed by atoms with Crippen LogP contribution in [0.15, 0.2) is 77.7 Å². The Morgan fingerprint density at radius 3 is 2.67 bits per heavy atom. The summed E-state index contributed by atoms with van der Waals surface area (Å²) in [6.07, 6.45) is 4.92. The van der Waals surface area contributed by atoms with Gasteiger partial charge in [0.15, 0.2) is 0 Å². The highest BCUT2D eigenvalue weighted by atomic mass is 35.5. The van der Waals surface area contributed by atoms with Gasteiger partial charge in [-0.05, 0) is 54.4 Å². The van der Waals surface area contributed by atoms with Gasteiger partial charge in [0.05, 0.1) is 18.2 Å². The zero-order chi connectivity index (χ0) is 20.9. The maximum atomic E-state index is 12.5. The zero-order valence-corrected chi connectivity index (χ0v) is 17.0. The second kappa shape index (κ2) is 8.80. The van der Waals surface area contributed by atoms with Gasteiger partial charge in [0, 0.05) is 34.6 Å². The fourth-order valence-corrected chi connectivity index (χ4v) is 3.07. The molecule has 6 nitrogen and oxygen atoms in total. The molecule has 0 spiro atoms. The number of aryl methyl sites for hydroxylation is 1. The number of halogens is 1. The van der Waals surface area contributed by atoms with Crippen LogP contribution in [0.25, 0.3) is 11.3 Å². The van der Waals surface area contributed by atoms with Crippen LogP contribution in [0.5, 0.6) is 0 Å². The first-order valence-corrected chi connectivity index (χ1v) is 9.85. The molecule has 0 aliphatic heterocycles. The van der Waals surface area contributed by atoms with Gasteiger partial charge in [-0.3, -0.25) is 4.79 Å². The zero-order valence-electron chi connectivity index (χ0n) is 16.2. The van der Waals surface area contributed by atoms with Crippen LogP contribution in [-0.4, -0.2) is 15.9 Å². The fraction of sp³-hybridized carbons (Fsp3) is 0.0870. The predicted octanol–water partition coefficient (Wildman–Crippen LogP) is 5.78. The van der Waals surface area contributed by atoms with E-state index < -0.39 is 0 Å². The van der Waals surface area contributed by atoms with E-state index in [4.69, 9.17) is 16.0 Å². The van der Waals surface area contributed by atoms with Crippen LogP contribution in [-0.2, 0) is 5.88 Å². The highest BCUT2D eigenvalue weighted by Gasteiger charge is 2.09. The molecule has 4 aromatic rings. The summed E-state index contributed by atoms with van der Waals surface area (Å²) in [5.74, 6) is 0.680. The molecule has 7 heteroatoms. The summed E-state index contributed by atoms with van der Waals surface area (Å²) in [4.78, 5) is 21.4. The normalized spacial score (nSPS) is 10.6. The van der Waals surface area contributed by atoms with Crippen molar-refractivity contribution in [3.05, 3.63) is 90.0 Å². The van der Waals surface area contributed by atoms with E-state index >= 15 is 0 Å². The van der Waals surface area contributed by atoms with Crippen LogP contribution in [0, 0.1) is 6.92 Å². The average molecular weight is 419 g/mol. The fourth-order valence-electron chi connectivity index (χ4n) is 2.89. The standard InChI is InChI=1S/C23H19ClN4O2/c1-15-2-7-19(26-22(29)17-5-3-16(13-24)4-6-17)12-21(15)28-23-25-10-8-20(27-23)18-9-11-30-14-18/h2-12,14H,13H2,1H3,(H,26,29)(H,25,27,28). The lowest BCUT2D eigenvalue weighted by Crippen LogP contribution is -2.12. The van der Waals surface area contributed by atoms with Crippen LogP contribution in [0.1, 0.15) is 21.5 Å². The van der Waals surface area contributed by atoms with E-state index in [1.807, 2.05) is 49.4 Å². The highest BCUT2D eigenvalue weighted by Crippen LogP contribution is 2.25. The lowest BCUT2D eigenvalue weighted by atomic mass is 10.1. The Morgan fingerprint density at radius 1 is 1.10 bits per heavy atom. The molecular formula is C23H19ClN4O2. The quantitative estimate of drug-likeness (QED) is 0.388. The molecule has 4 rings (SSSR count). The second-order valence-electron chi connectivity index (χ2n) is 6.72. The van der Waals surface area contributed by atoms with Gasteiger partial charge in [0.25, 0.3) is 5.91 Å². The maximum absolute atomic E-state index is 12.5. The molecule has 0 fully saturated rings. The first-order valence-electron chi connectivity index (χ1n) is 9.32. The topological polar surface area (TPSA) is 80.0 Å². The van der Waals surface area contributed by atoms with Gasteiger partial charge < -0.3 is 15.1 Å². The molecule has 0 aliphatic carbocycles. The Hall–Kier alpha value is -3.64. The number of hydrogen-bond acceptors (Lipinski definition) is 5. The van der Waals surface area contributed by atoms with Crippen molar-refractivity contribution in [1.29, 1.82) is 0 Å². The summed E-state index contributed by atoms with van der Waals surface area (Å²) in [5.41, 5.74) is 5.62. The third-order valence-electron chi connectivity index (χ3n) is 4.58. The van der Waals surface area contributed by atoms with Crippen LogP contribution < -0.4 is 10.6 Å². The monoisotopic (exact) mass is 418 g/mol. The molecule has 0 saturated carbocycles. The molecule has 0 aliphatic rings. The van der Waals surface area contributed by atoms with E-state index in [2.05, 4.69) is 20.6 Å². The van der Waals surface area contributed by atoms with E-state index in [0.29, 0.717) is 23.1 Å². The molecule has 0 saturated heterocycles. The number of furan rings is 1. The van der Waals surface area contributed by atoms with Gasteiger partial charge in [-0.15, -0.1) is 11.6 Å². The number of anilines is 3. The highest BCUT2D eigenvalue weighted by molar-refractivity contribution is 6.17. The minimum atomic E-state index is -0.191. The summed E-state index contributed by atoms with van der Waals surface area (Å²) in [7, 11) is 0. The van der Waals surface area contributed by atoms with Crippen molar-refractivity contribution in [2.75, 3.05) is 10.6 Å². The van der Waals surface area contributed by atoms with Gasteiger partial charge >= 0.3 is 0 Å². The number of aromatic nitrogens is 2. The Morgan fingerprint density at radius 2 is 1.93 bits per heavy atom. The molecule has 2 aromatic heterocycles. The molecule has 0 unspecified atom stereocenters. The molecule has 2 N–H and O–H groups in total. The first-order chi connectivity index (χ1) is 14.6. The number of alkyl halides is 1. The largest absolute Gasteiger partial charge is 0.472 e. The lowest BCUT2D eigenvalue weighted by Gasteiger charge is -2.12. The number of amides is 1. The minimum Gasteiger partial charge on any atom is -0.472 e. The van der Waals surface area contributed by atoms with Crippen molar-refractivity contribution >= 4 is 34.8 Å². The molecule has 2 aromatic carbocycles.